The van der Waals surface area contributed by atoms with Gasteiger partial charge in [0, 0.05) is 31.2 Å². The highest BCUT2D eigenvalue weighted by Crippen LogP contribution is 2.42. The molecule has 1 aromatic heterocycles. The van der Waals surface area contributed by atoms with E-state index in [1.807, 2.05) is 12.1 Å². The highest BCUT2D eigenvalue weighted by molar-refractivity contribution is 5.92. The van der Waals surface area contributed by atoms with Crippen molar-refractivity contribution in [2.24, 2.45) is 0 Å². The van der Waals surface area contributed by atoms with Crippen LogP contribution in [0.3, 0.4) is 0 Å². The van der Waals surface area contributed by atoms with Gasteiger partial charge in [-0.25, -0.2) is 0 Å². The van der Waals surface area contributed by atoms with E-state index in [2.05, 4.69) is 34.3 Å². The highest BCUT2D eigenvalue weighted by Gasteiger charge is 2.26. The van der Waals surface area contributed by atoms with Crippen LogP contribution in [0.5, 0.6) is 23.0 Å². The van der Waals surface area contributed by atoms with Crippen molar-refractivity contribution < 1.29 is 23.5 Å². The van der Waals surface area contributed by atoms with Gasteiger partial charge < -0.3 is 24.3 Å². The van der Waals surface area contributed by atoms with Crippen molar-refractivity contribution in [3.05, 3.63) is 36.5 Å². The third kappa shape index (κ3) is 2.51. The van der Waals surface area contributed by atoms with Gasteiger partial charge in [0.25, 0.3) is 0 Å². The molecule has 0 unspecified atom stereocenters. The van der Waals surface area contributed by atoms with Gasteiger partial charge in [0.1, 0.15) is 0 Å². The summed E-state index contributed by atoms with van der Waals surface area (Å²) < 4.78 is 24.5. The zero-order valence-electron chi connectivity index (χ0n) is 15.4. The Labute approximate surface area is 157 Å². The van der Waals surface area contributed by atoms with Gasteiger partial charge in [0.05, 0.1) is 30.9 Å². The van der Waals surface area contributed by atoms with Crippen LogP contribution in [0.2, 0.25) is 0 Å². The first-order chi connectivity index (χ1) is 13.3. The molecule has 2 aliphatic rings. The van der Waals surface area contributed by atoms with E-state index in [-0.39, 0.29) is 6.79 Å². The van der Waals surface area contributed by atoms with Crippen LogP contribution in [0, 0.1) is 0 Å². The van der Waals surface area contributed by atoms with Crippen LogP contribution >= 0.6 is 0 Å². The van der Waals surface area contributed by atoms with E-state index in [1.165, 1.54) is 0 Å². The van der Waals surface area contributed by atoms with E-state index in [1.54, 1.807) is 14.2 Å². The van der Waals surface area contributed by atoms with E-state index < -0.39 is 0 Å². The van der Waals surface area contributed by atoms with Crippen molar-refractivity contribution in [3.63, 3.8) is 0 Å². The van der Waals surface area contributed by atoms with Crippen molar-refractivity contribution >= 4 is 16.5 Å². The SMILES string of the molecule is COc1ccc2cc3[n+](cc2c1OC)CCCNc1cc2c(cc1-3)OCO2. The molecule has 27 heavy (non-hydrogen) atoms. The molecule has 2 aliphatic heterocycles. The lowest BCUT2D eigenvalue weighted by Crippen LogP contribution is -2.38. The smallest absolute Gasteiger partial charge is 0.231 e. The van der Waals surface area contributed by atoms with Gasteiger partial charge in [-0.05, 0) is 17.5 Å². The number of pyridine rings is 1. The van der Waals surface area contributed by atoms with E-state index >= 15 is 0 Å². The van der Waals surface area contributed by atoms with Crippen molar-refractivity contribution in [3.8, 4) is 34.3 Å². The molecule has 0 amide bonds. The lowest BCUT2D eigenvalue weighted by atomic mass is 10.0. The minimum absolute atomic E-state index is 0.271. The van der Waals surface area contributed by atoms with Gasteiger partial charge in [0.15, 0.2) is 35.7 Å². The molecule has 2 aromatic carbocycles. The molecule has 3 heterocycles. The molecule has 0 spiro atoms. The van der Waals surface area contributed by atoms with Crippen LogP contribution in [-0.4, -0.2) is 27.6 Å². The van der Waals surface area contributed by atoms with Crippen molar-refractivity contribution in [1.82, 2.24) is 0 Å². The number of aryl methyl sites for hydroxylation is 1. The maximum atomic E-state index is 5.64. The van der Waals surface area contributed by atoms with Gasteiger partial charge in [-0.2, -0.15) is 4.57 Å². The van der Waals surface area contributed by atoms with Crippen LogP contribution < -0.4 is 28.8 Å². The molecule has 5 rings (SSSR count). The van der Waals surface area contributed by atoms with Gasteiger partial charge in [-0.3, -0.25) is 0 Å². The Morgan fingerprint density at radius 3 is 2.70 bits per heavy atom. The Hall–Kier alpha value is -3.15. The van der Waals surface area contributed by atoms with Crippen molar-refractivity contribution in [2.75, 3.05) is 32.9 Å². The number of hydrogen-bond donors (Lipinski definition) is 1. The quantitative estimate of drug-likeness (QED) is 0.706. The lowest BCUT2D eigenvalue weighted by molar-refractivity contribution is -0.685. The molecular formula is C21H21N2O4+. The minimum Gasteiger partial charge on any atom is -0.493 e. The zero-order valence-corrected chi connectivity index (χ0v) is 15.4. The summed E-state index contributed by atoms with van der Waals surface area (Å²) in [6.45, 7) is 2.08. The first kappa shape index (κ1) is 16.1. The molecule has 0 saturated carbocycles. The summed E-state index contributed by atoms with van der Waals surface area (Å²) in [5.41, 5.74) is 3.30. The average molecular weight is 365 g/mol. The number of nitrogens with zero attached hydrogens (tertiary/aromatic N) is 1. The van der Waals surface area contributed by atoms with Gasteiger partial charge in [-0.15, -0.1) is 0 Å². The van der Waals surface area contributed by atoms with E-state index in [0.717, 1.165) is 70.2 Å². The molecule has 0 bridgehead atoms. The Bertz CT molecular complexity index is 1050. The Morgan fingerprint density at radius 2 is 1.89 bits per heavy atom. The normalized spacial score (nSPS) is 14.6. The average Bonchev–Trinajstić information content (AvgIpc) is 3.15. The first-order valence-corrected chi connectivity index (χ1v) is 9.04. The second-order valence-corrected chi connectivity index (χ2v) is 6.69. The van der Waals surface area contributed by atoms with Crippen molar-refractivity contribution in [2.45, 2.75) is 13.0 Å². The fourth-order valence-corrected chi connectivity index (χ4v) is 3.87. The van der Waals surface area contributed by atoms with Crippen LogP contribution in [-0.2, 0) is 6.54 Å². The maximum absolute atomic E-state index is 5.64. The second kappa shape index (κ2) is 6.23. The monoisotopic (exact) mass is 365 g/mol. The molecule has 3 aromatic rings. The molecule has 0 saturated heterocycles. The van der Waals surface area contributed by atoms with Crippen LogP contribution in [0.15, 0.2) is 36.5 Å². The third-order valence-corrected chi connectivity index (χ3v) is 5.18. The zero-order chi connectivity index (χ0) is 18.4. The number of nitrogens with one attached hydrogen (secondary N) is 1. The number of benzene rings is 2. The van der Waals surface area contributed by atoms with Gasteiger partial charge >= 0.3 is 0 Å². The van der Waals surface area contributed by atoms with E-state index in [4.69, 9.17) is 18.9 Å². The Kier molecular flexibility index (Phi) is 3.70. The molecule has 0 aliphatic carbocycles. The maximum Gasteiger partial charge on any atom is 0.231 e. The molecule has 6 nitrogen and oxygen atoms in total. The highest BCUT2D eigenvalue weighted by atomic mass is 16.7. The fraction of sp³-hybridized carbons (Fsp3) is 0.286. The molecule has 6 heteroatoms. The fourth-order valence-electron chi connectivity index (χ4n) is 3.87. The predicted molar refractivity (Wildman–Crippen MR) is 102 cm³/mol. The molecule has 0 atom stereocenters. The molecule has 138 valence electrons. The summed E-state index contributed by atoms with van der Waals surface area (Å²) >= 11 is 0. The number of anilines is 1. The third-order valence-electron chi connectivity index (χ3n) is 5.18. The summed E-state index contributed by atoms with van der Waals surface area (Å²) in [6, 6.07) is 10.3. The number of aromatic nitrogens is 1. The molecule has 0 fully saturated rings. The molecular weight excluding hydrogens is 344 g/mol. The number of rotatable bonds is 2. The first-order valence-electron chi connectivity index (χ1n) is 9.04. The number of fused-ring (bicyclic) bond motifs is 5. The summed E-state index contributed by atoms with van der Waals surface area (Å²) in [4.78, 5) is 0. The van der Waals surface area contributed by atoms with Gasteiger partial charge in [0.2, 0.25) is 12.5 Å². The summed E-state index contributed by atoms with van der Waals surface area (Å²) in [7, 11) is 3.34. The summed E-state index contributed by atoms with van der Waals surface area (Å²) in [6.07, 6.45) is 3.18. The summed E-state index contributed by atoms with van der Waals surface area (Å²) in [5.74, 6) is 3.08. The largest absolute Gasteiger partial charge is 0.493 e. The van der Waals surface area contributed by atoms with E-state index in [0.29, 0.717) is 0 Å². The van der Waals surface area contributed by atoms with Crippen molar-refractivity contribution in [1.29, 1.82) is 0 Å². The Balaban J connectivity index is 1.77. The number of ether oxygens (including phenoxy) is 4. The topological polar surface area (TPSA) is 52.8 Å². The lowest BCUT2D eigenvalue weighted by Gasteiger charge is -2.17. The van der Waals surface area contributed by atoms with Crippen LogP contribution in [0.25, 0.3) is 22.0 Å². The van der Waals surface area contributed by atoms with E-state index in [9.17, 15) is 0 Å². The molecule has 0 radical (unpaired) electrons. The molecule has 1 N–H and O–H groups in total. The summed E-state index contributed by atoms with van der Waals surface area (Å²) in [5, 5.41) is 5.67. The predicted octanol–water partition coefficient (Wildman–Crippen LogP) is 3.36. The van der Waals surface area contributed by atoms with Gasteiger partial charge in [-0.1, -0.05) is 0 Å². The number of methoxy groups -OCH3 is 2. The standard InChI is InChI=1S/C21H20N2O4/c1-24-18-5-4-13-8-17-14-9-19-20(27-12-26-19)10-16(14)22-6-3-7-23(17)11-15(13)21(18)25-2/h4-5,8-11H,3,6-7,12H2,1-2H3/p+1. The minimum atomic E-state index is 0.271. The number of hydrogen-bond acceptors (Lipinski definition) is 5. The van der Waals surface area contributed by atoms with Crippen LogP contribution in [0.1, 0.15) is 6.42 Å². The second-order valence-electron chi connectivity index (χ2n) is 6.69. The van der Waals surface area contributed by atoms with Crippen LogP contribution in [0.4, 0.5) is 5.69 Å². The Morgan fingerprint density at radius 1 is 1.04 bits per heavy atom.